The minimum Gasteiger partial charge on any atom is -0.389 e. The summed E-state index contributed by atoms with van der Waals surface area (Å²) in [6.45, 7) is 3.85. The lowest BCUT2D eigenvalue weighted by Gasteiger charge is -2.21. The first-order valence-electron chi connectivity index (χ1n) is 9.23. The number of hydrogen-bond acceptors (Lipinski definition) is 3. The molecule has 1 aromatic heterocycles. The highest BCUT2D eigenvalue weighted by Crippen LogP contribution is 2.29. The molecule has 0 radical (unpaired) electrons. The zero-order valence-electron chi connectivity index (χ0n) is 15.5. The molecule has 0 spiro atoms. The summed E-state index contributed by atoms with van der Waals surface area (Å²) >= 11 is 0. The number of aromatic nitrogens is 1. The third-order valence-corrected chi connectivity index (χ3v) is 5.52. The summed E-state index contributed by atoms with van der Waals surface area (Å²) in [6.07, 6.45) is -0.352. The first-order chi connectivity index (χ1) is 12.9. The fraction of sp³-hybridized carbons (Fsp3) is 0.333. The van der Waals surface area contributed by atoms with Gasteiger partial charge in [0, 0.05) is 21.8 Å². The molecule has 1 aliphatic heterocycles. The number of hydrogen-bond donors (Lipinski definition) is 2. The average molecular weight is 365 g/mol. The van der Waals surface area contributed by atoms with Crippen LogP contribution in [-0.2, 0) is 11.3 Å². The van der Waals surface area contributed by atoms with Crippen molar-refractivity contribution in [2.75, 3.05) is 6.54 Å². The monoisotopic (exact) mass is 365 g/mol. The van der Waals surface area contributed by atoms with Crippen molar-refractivity contribution in [1.82, 2.24) is 14.8 Å². The van der Waals surface area contributed by atoms with Gasteiger partial charge in [0.1, 0.15) is 5.54 Å². The Balaban J connectivity index is 1.63. The van der Waals surface area contributed by atoms with E-state index >= 15 is 0 Å². The van der Waals surface area contributed by atoms with Gasteiger partial charge in [-0.2, -0.15) is 0 Å². The number of benzene rings is 2. The van der Waals surface area contributed by atoms with Crippen molar-refractivity contribution >= 4 is 33.7 Å². The molecule has 27 heavy (non-hydrogen) atoms. The van der Waals surface area contributed by atoms with Crippen molar-refractivity contribution in [1.29, 1.82) is 0 Å². The van der Waals surface area contributed by atoms with Crippen LogP contribution in [-0.4, -0.2) is 44.7 Å². The fourth-order valence-electron chi connectivity index (χ4n) is 3.83. The Morgan fingerprint density at radius 3 is 2.07 bits per heavy atom. The van der Waals surface area contributed by atoms with E-state index in [-0.39, 0.29) is 12.5 Å². The van der Waals surface area contributed by atoms with Crippen LogP contribution in [0.15, 0.2) is 48.5 Å². The van der Waals surface area contributed by atoms with E-state index in [0.29, 0.717) is 13.0 Å². The third kappa shape index (κ3) is 2.77. The van der Waals surface area contributed by atoms with E-state index < -0.39 is 17.7 Å². The summed E-state index contributed by atoms with van der Waals surface area (Å²) in [7, 11) is 0. The molecule has 6 heteroatoms. The maximum Gasteiger partial charge on any atom is 0.325 e. The van der Waals surface area contributed by atoms with Gasteiger partial charge in [0.25, 0.3) is 5.91 Å². The quantitative estimate of drug-likeness (QED) is 0.683. The highest BCUT2D eigenvalue weighted by Gasteiger charge is 2.46. The zero-order chi connectivity index (χ0) is 19.2. The number of aliphatic hydroxyl groups excluding tert-OH is 1. The Hall–Kier alpha value is -2.86. The number of nitrogens with one attached hydrogen (secondary N) is 1. The van der Waals surface area contributed by atoms with Gasteiger partial charge in [-0.25, -0.2) is 4.79 Å². The van der Waals surface area contributed by atoms with Gasteiger partial charge in [0.15, 0.2) is 0 Å². The Bertz CT molecular complexity index is 988. The van der Waals surface area contributed by atoms with Crippen molar-refractivity contribution in [2.24, 2.45) is 0 Å². The smallest absolute Gasteiger partial charge is 0.325 e. The van der Waals surface area contributed by atoms with Gasteiger partial charge in [0.2, 0.25) is 0 Å². The number of para-hydroxylation sites is 2. The first kappa shape index (κ1) is 17.5. The van der Waals surface area contributed by atoms with Gasteiger partial charge < -0.3 is 15.0 Å². The van der Waals surface area contributed by atoms with E-state index in [2.05, 4.69) is 17.4 Å². The third-order valence-electron chi connectivity index (χ3n) is 5.52. The van der Waals surface area contributed by atoms with E-state index in [1.165, 1.54) is 0 Å². The number of nitrogens with zero attached hydrogens (tertiary/aromatic N) is 2. The van der Waals surface area contributed by atoms with E-state index in [4.69, 9.17) is 0 Å². The molecule has 140 valence electrons. The molecule has 0 saturated carbocycles. The molecule has 3 amide bonds. The Kier molecular flexibility index (Phi) is 4.15. The van der Waals surface area contributed by atoms with Crippen LogP contribution in [0.5, 0.6) is 0 Å². The lowest BCUT2D eigenvalue weighted by molar-refractivity contribution is -0.131. The summed E-state index contributed by atoms with van der Waals surface area (Å²) < 4.78 is 2.05. The molecule has 0 unspecified atom stereocenters. The predicted octanol–water partition coefficient (Wildman–Crippen LogP) is 2.88. The number of carbonyl (C=O) groups is 2. The van der Waals surface area contributed by atoms with Gasteiger partial charge in [-0.1, -0.05) is 43.3 Å². The lowest BCUT2D eigenvalue weighted by Crippen LogP contribution is -2.44. The van der Waals surface area contributed by atoms with Gasteiger partial charge in [-0.15, -0.1) is 0 Å². The van der Waals surface area contributed by atoms with Crippen molar-refractivity contribution in [2.45, 2.75) is 38.5 Å². The second-order valence-electron chi connectivity index (χ2n) is 7.33. The number of fused-ring (bicyclic) bond motifs is 3. The van der Waals surface area contributed by atoms with Crippen LogP contribution in [0.1, 0.15) is 20.3 Å². The van der Waals surface area contributed by atoms with Crippen molar-refractivity contribution in [3.63, 3.8) is 0 Å². The largest absolute Gasteiger partial charge is 0.389 e. The number of imide groups is 1. The molecule has 1 saturated heterocycles. The molecule has 0 bridgehead atoms. The van der Waals surface area contributed by atoms with Gasteiger partial charge >= 0.3 is 6.03 Å². The molecular formula is C21H23N3O3. The number of carbonyl (C=O) groups excluding carboxylic acids is 2. The summed E-state index contributed by atoms with van der Waals surface area (Å²) in [5.74, 6) is -0.281. The lowest BCUT2D eigenvalue weighted by atomic mass is 9.99. The minimum absolute atomic E-state index is 0.0267. The van der Waals surface area contributed by atoms with E-state index in [9.17, 15) is 14.7 Å². The number of β-amino-alcohol motifs (C(OH)–C–C–N with tert-alkyl or cyclic N) is 1. The second-order valence-corrected chi connectivity index (χ2v) is 7.33. The highest BCUT2D eigenvalue weighted by atomic mass is 16.3. The molecule has 3 aromatic rings. The highest BCUT2D eigenvalue weighted by molar-refractivity contribution is 6.08. The van der Waals surface area contributed by atoms with Crippen molar-refractivity contribution in [3.05, 3.63) is 48.5 Å². The topological polar surface area (TPSA) is 74.6 Å². The van der Waals surface area contributed by atoms with Crippen LogP contribution in [0.25, 0.3) is 21.8 Å². The molecular weight excluding hydrogens is 342 g/mol. The maximum absolute atomic E-state index is 12.6. The fourth-order valence-corrected chi connectivity index (χ4v) is 3.83. The molecule has 1 fully saturated rings. The van der Waals surface area contributed by atoms with Crippen molar-refractivity contribution in [3.8, 4) is 0 Å². The maximum atomic E-state index is 12.6. The van der Waals surface area contributed by atoms with Crippen LogP contribution in [0.4, 0.5) is 4.79 Å². The van der Waals surface area contributed by atoms with E-state index in [1.54, 1.807) is 6.92 Å². The Morgan fingerprint density at radius 1 is 1.00 bits per heavy atom. The van der Waals surface area contributed by atoms with Crippen LogP contribution in [0.3, 0.4) is 0 Å². The molecule has 2 N–H and O–H groups in total. The molecule has 0 aliphatic carbocycles. The Labute approximate surface area is 157 Å². The van der Waals surface area contributed by atoms with Crippen LogP contribution >= 0.6 is 0 Å². The number of aliphatic hydroxyl groups is 1. The van der Waals surface area contributed by atoms with Gasteiger partial charge in [-0.05, 0) is 25.5 Å². The molecule has 2 atom stereocenters. The molecule has 2 aromatic carbocycles. The second kappa shape index (κ2) is 6.39. The first-order valence-corrected chi connectivity index (χ1v) is 9.23. The van der Waals surface area contributed by atoms with Gasteiger partial charge in [0.05, 0.1) is 19.2 Å². The number of amides is 3. The summed E-state index contributed by atoms with van der Waals surface area (Å²) in [6, 6.07) is 15.6. The number of urea groups is 1. The Morgan fingerprint density at radius 2 is 1.56 bits per heavy atom. The average Bonchev–Trinajstić information content (AvgIpc) is 3.10. The van der Waals surface area contributed by atoms with E-state index in [0.717, 1.165) is 26.7 Å². The standard InChI is InChI=1S/C21H23N3O3/c1-3-21(2)19(26)24(20(27)22-21)13-14(25)12-23-17-10-6-4-8-15(17)16-9-5-7-11-18(16)23/h4-11,14,25H,3,12-13H2,1-2H3,(H,22,27)/t14-,21-/m0/s1. The molecule has 1 aliphatic rings. The van der Waals surface area contributed by atoms with Crippen LogP contribution < -0.4 is 5.32 Å². The molecule has 2 heterocycles. The van der Waals surface area contributed by atoms with Gasteiger partial charge in [-0.3, -0.25) is 9.69 Å². The predicted molar refractivity (Wildman–Crippen MR) is 104 cm³/mol. The summed E-state index contributed by atoms with van der Waals surface area (Å²) in [4.78, 5) is 25.9. The zero-order valence-corrected chi connectivity index (χ0v) is 15.5. The summed E-state index contributed by atoms with van der Waals surface area (Å²) in [5.41, 5.74) is 1.16. The molecule has 4 rings (SSSR count). The SMILES string of the molecule is CC[C@]1(C)NC(=O)N(C[C@@H](O)Cn2c3ccccc3c3ccccc32)C1=O. The number of rotatable bonds is 5. The van der Waals surface area contributed by atoms with Crippen LogP contribution in [0.2, 0.25) is 0 Å². The summed E-state index contributed by atoms with van der Waals surface area (Å²) in [5, 5.41) is 15.6. The van der Waals surface area contributed by atoms with Crippen molar-refractivity contribution < 1.29 is 14.7 Å². The molecule has 6 nitrogen and oxygen atoms in total. The minimum atomic E-state index is -0.885. The normalized spacial score (nSPS) is 21.2. The van der Waals surface area contributed by atoms with E-state index in [1.807, 2.05) is 47.9 Å². The van der Waals surface area contributed by atoms with Crippen LogP contribution in [0, 0.1) is 0 Å².